The van der Waals surface area contributed by atoms with Gasteiger partial charge in [-0.15, -0.1) is 0 Å². The van der Waals surface area contributed by atoms with Crippen molar-refractivity contribution in [3.05, 3.63) is 102 Å². The van der Waals surface area contributed by atoms with E-state index in [1.54, 1.807) is 48.5 Å². The van der Waals surface area contributed by atoms with Crippen LogP contribution >= 0.6 is 11.8 Å². The summed E-state index contributed by atoms with van der Waals surface area (Å²) in [5.41, 5.74) is -5.94. The molecule has 3 aromatic rings. The number of anilines is 1. The maximum atomic E-state index is 15.1. The number of aliphatic hydroxyl groups excluding tert-OH is 1. The maximum Gasteiger partial charge on any atom is 0.305 e. The van der Waals surface area contributed by atoms with E-state index in [-0.39, 0.29) is 30.7 Å². The van der Waals surface area contributed by atoms with Gasteiger partial charge in [-0.05, 0) is 48.4 Å². The SMILES string of the molecule is CSCC1(C(C)C)OC(CC(O)CC(=O)O)CCNC(O)(c2ccc(F)cc2)C2(c3ccccc3)OC12C(=O)Nc1ccccc1. The molecule has 1 amide bonds. The Bertz CT molecular complexity index is 1510. The van der Waals surface area contributed by atoms with Crippen LogP contribution in [0.1, 0.15) is 44.2 Å². The highest BCUT2D eigenvalue weighted by Crippen LogP contribution is 2.71. The van der Waals surface area contributed by atoms with Crippen LogP contribution in [0.25, 0.3) is 0 Å². The van der Waals surface area contributed by atoms with Crippen LogP contribution in [0.3, 0.4) is 0 Å². The first kappa shape index (κ1) is 34.0. The van der Waals surface area contributed by atoms with Crippen LogP contribution in [0.2, 0.25) is 0 Å². The number of carbonyl (C=O) groups excluding carboxylic acids is 1. The number of para-hydroxylation sites is 1. The van der Waals surface area contributed by atoms with E-state index in [2.05, 4.69) is 10.6 Å². The molecule has 9 nitrogen and oxygen atoms in total. The first-order chi connectivity index (χ1) is 22.0. The summed E-state index contributed by atoms with van der Waals surface area (Å²) in [7, 11) is 0. The Balaban J connectivity index is 1.81. The Morgan fingerprint density at radius 1 is 1.02 bits per heavy atom. The molecule has 6 unspecified atom stereocenters. The fourth-order valence-corrected chi connectivity index (χ4v) is 8.02. The molecule has 46 heavy (non-hydrogen) atoms. The molecule has 246 valence electrons. The highest BCUT2D eigenvalue weighted by molar-refractivity contribution is 7.98. The van der Waals surface area contributed by atoms with Gasteiger partial charge < -0.3 is 30.1 Å². The minimum atomic E-state index is -2.09. The number of hydrogen-bond donors (Lipinski definition) is 5. The number of halogens is 1. The largest absolute Gasteiger partial charge is 0.481 e. The number of fused-ring (bicyclic) bond motifs is 1. The van der Waals surface area contributed by atoms with Crippen LogP contribution in [-0.4, -0.2) is 69.2 Å². The number of carboxylic acid groups (broad SMARTS) is 1. The van der Waals surface area contributed by atoms with E-state index in [0.717, 1.165) is 0 Å². The Morgan fingerprint density at radius 2 is 1.65 bits per heavy atom. The number of thioether (sulfide) groups is 1. The molecule has 5 rings (SSSR count). The molecule has 5 N–H and O–H groups in total. The first-order valence-electron chi connectivity index (χ1n) is 15.4. The molecule has 0 aromatic heterocycles. The van der Waals surface area contributed by atoms with E-state index in [4.69, 9.17) is 9.47 Å². The number of aliphatic hydroxyl groups is 2. The standard InChI is InChI=1S/C35H41FN2O7S/c1-23(2)32(22-46-3)34(31(42)38-27-12-8-5-9-13-27)33(45-34,24-10-6-4-7-11-24)35(43,25-14-16-26(36)17-15-25)37-19-18-29(44-32)20-28(39)21-30(40)41/h4-17,23,28-29,37,39,43H,18-22H2,1-3H3,(H,38,42)(H,40,41). The van der Waals surface area contributed by atoms with Gasteiger partial charge in [0.05, 0.1) is 18.6 Å². The Morgan fingerprint density at radius 3 is 2.24 bits per heavy atom. The van der Waals surface area contributed by atoms with Gasteiger partial charge in [-0.1, -0.05) is 74.5 Å². The molecule has 6 atom stereocenters. The van der Waals surface area contributed by atoms with Crippen molar-refractivity contribution >= 4 is 29.3 Å². The van der Waals surface area contributed by atoms with E-state index < -0.39 is 64.8 Å². The number of carboxylic acids is 1. The molecule has 0 bridgehead atoms. The maximum absolute atomic E-state index is 15.1. The lowest BCUT2D eigenvalue weighted by molar-refractivity contribution is -0.168. The van der Waals surface area contributed by atoms with Crippen LogP contribution in [0.4, 0.5) is 10.1 Å². The Kier molecular flexibility index (Phi) is 9.93. The van der Waals surface area contributed by atoms with E-state index in [1.807, 2.05) is 32.2 Å². The third-order valence-electron chi connectivity index (χ3n) is 9.12. The average Bonchev–Trinajstić information content (AvgIpc) is 3.74. The summed E-state index contributed by atoms with van der Waals surface area (Å²) >= 11 is 1.44. The van der Waals surface area contributed by atoms with Crippen molar-refractivity contribution < 1.29 is 38.8 Å². The number of rotatable bonds is 11. The van der Waals surface area contributed by atoms with Gasteiger partial charge in [0, 0.05) is 30.0 Å². The molecule has 2 saturated heterocycles. The van der Waals surface area contributed by atoms with Crippen molar-refractivity contribution in [1.29, 1.82) is 0 Å². The summed E-state index contributed by atoms with van der Waals surface area (Å²) < 4.78 is 28.2. The number of amides is 1. The van der Waals surface area contributed by atoms with Gasteiger partial charge in [0.25, 0.3) is 5.91 Å². The summed E-state index contributed by atoms with van der Waals surface area (Å²) in [6.07, 6.45) is -0.315. The molecule has 2 heterocycles. The lowest BCUT2D eigenvalue weighted by Gasteiger charge is -2.46. The fraction of sp³-hybridized carbons (Fsp3) is 0.429. The average molecular weight is 653 g/mol. The third kappa shape index (κ3) is 5.74. The predicted molar refractivity (Wildman–Crippen MR) is 174 cm³/mol. The van der Waals surface area contributed by atoms with Crippen molar-refractivity contribution in [2.75, 3.05) is 23.9 Å². The van der Waals surface area contributed by atoms with E-state index >= 15 is 4.79 Å². The van der Waals surface area contributed by atoms with Crippen LogP contribution in [0.15, 0.2) is 84.9 Å². The number of benzene rings is 3. The van der Waals surface area contributed by atoms with Crippen molar-refractivity contribution in [2.45, 2.75) is 67.8 Å². The van der Waals surface area contributed by atoms with Crippen molar-refractivity contribution in [3.8, 4) is 0 Å². The van der Waals surface area contributed by atoms with E-state index in [9.17, 15) is 24.5 Å². The zero-order valence-electron chi connectivity index (χ0n) is 26.1. The minimum absolute atomic E-state index is 0.0273. The first-order valence-corrected chi connectivity index (χ1v) is 16.8. The van der Waals surface area contributed by atoms with Gasteiger partial charge in [-0.25, -0.2) is 4.39 Å². The normalized spacial score (nSPS) is 29.9. The second-order valence-electron chi connectivity index (χ2n) is 12.3. The highest BCUT2D eigenvalue weighted by Gasteiger charge is 2.91. The zero-order chi connectivity index (χ0) is 33.2. The molecular formula is C35H41FN2O7S. The van der Waals surface area contributed by atoms with Gasteiger partial charge >= 0.3 is 5.97 Å². The molecule has 2 aliphatic heterocycles. The van der Waals surface area contributed by atoms with Gasteiger partial charge in [0.15, 0.2) is 11.3 Å². The van der Waals surface area contributed by atoms with Crippen molar-refractivity contribution in [3.63, 3.8) is 0 Å². The molecule has 11 heteroatoms. The molecule has 0 aliphatic carbocycles. The number of hydrogen-bond acceptors (Lipinski definition) is 8. The van der Waals surface area contributed by atoms with Gasteiger partial charge in [-0.2, -0.15) is 11.8 Å². The number of carbonyl (C=O) groups is 2. The molecule has 0 saturated carbocycles. The number of nitrogens with one attached hydrogen (secondary N) is 2. The molecule has 3 aromatic carbocycles. The second kappa shape index (κ2) is 13.4. The lowest BCUT2D eigenvalue weighted by Crippen LogP contribution is -2.67. The Hall–Kier alpha value is -3.32. The number of ether oxygens (including phenoxy) is 2. The Labute approximate surface area is 272 Å². The van der Waals surface area contributed by atoms with E-state index in [1.165, 1.54) is 36.0 Å². The lowest BCUT2D eigenvalue weighted by atomic mass is 9.65. The van der Waals surface area contributed by atoms with Gasteiger partial charge in [0.1, 0.15) is 11.4 Å². The molecule has 0 radical (unpaired) electrons. The van der Waals surface area contributed by atoms with Crippen LogP contribution < -0.4 is 10.6 Å². The predicted octanol–water partition coefficient (Wildman–Crippen LogP) is 4.64. The summed E-state index contributed by atoms with van der Waals surface area (Å²) in [5.74, 6) is -2.36. The van der Waals surface area contributed by atoms with E-state index in [0.29, 0.717) is 11.3 Å². The molecule has 0 spiro atoms. The zero-order valence-corrected chi connectivity index (χ0v) is 26.9. The van der Waals surface area contributed by atoms with Crippen molar-refractivity contribution in [1.82, 2.24) is 5.32 Å². The minimum Gasteiger partial charge on any atom is -0.481 e. The fourth-order valence-electron chi connectivity index (χ4n) is 6.99. The summed E-state index contributed by atoms with van der Waals surface area (Å²) in [4.78, 5) is 26.5. The summed E-state index contributed by atoms with van der Waals surface area (Å²) in [6.45, 7) is 3.95. The van der Waals surface area contributed by atoms with Gasteiger partial charge in [-0.3, -0.25) is 14.9 Å². The summed E-state index contributed by atoms with van der Waals surface area (Å²) in [6, 6.07) is 23.3. The van der Waals surface area contributed by atoms with Gasteiger partial charge in [0.2, 0.25) is 5.60 Å². The highest BCUT2D eigenvalue weighted by atomic mass is 32.2. The second-order valence-corrected chi connectivity index (χ2v) is 13.2. The topological polar surface area (TPSA) is 141 Å². The smallest absolute Gasteiger partial charge is 0.305 e. The third-order valence-corrected chi connectivity index (χ3v) is 9.84. The van der Waals surface area contributed by atoms with Crippen LogP contribution in [-0.2, 0) is 30.4 Å². The van der Waals surface area contributed by atoms with Crippen LogP contribution in [0.5, 0.6) is 0 Å². The monoisotopic (exact) mass is 652 g/mol. The summed E-state index contributed by atoms with van der Waals surface area (Å²) in [5, 5.41) is 39.5. The molecule has 2 fully saturated rings. The molecule has 2 aliphatic rings. The van der Waals surface area contributed by atoms with Crippen molar-refractivity contribution in [2.24, 2.45) is 5.92 Å². The molecular weight excluding hydrogens is 611 g/mol. The number of aliphatic carboxylic acids is 1. The quantitative estimate of drug-likeness (QED) is 0.188. The number of epoxide rings is 1. The van der Waals surface area contributed by atoms with Crippen LogP contribution in [0, 0.1) is 11.7 Å².